The first-order valence-electron chi connectivity index (χ1n) is 11.9. The highest BCUT2D eigenvalue weighted by Gasteiger charge is 2.19. The Labute approximate surface area is 200 Å². The summed E-state index contributed by atoms with van der Waals surface area (Å²) >= 11 is 1.55. The predicted molar refractivity (Wildman–Crippen MR) is 134 cm³/mol. The van der Waals surface area contributed by atoms with Crippen molar-refractivity contribution in [3.63, 3.8) is 0 Å². The van der Waals surface area contributed by atoms with Gasteiger partial charge in [0.15, 0.2) is 0 Å². The highest BCUT2D eigenvalue weighted by atomic mass is 32.1. The lowest BCUT2D eigenvalue weighted by Crippen LogP contribution is -2.34. The molecule has 33 heavy (non-hydrogen) atoms. The number of hydrogen-bond donors (Lipinski definition) is 1. The van der Waals surface area contributed by atoms with Crippen LogP contribution < -0.4 is 10.2 Å². The molecule has 1 N–H and O–H groups in total. The zero-order valence-electron chi connectivity index (χ0n) is 19.6. The summed E-state index contributed by atoms with van der Waals surface area (Å²) in [5, 5.41) is 13.5. The van der Waals surface area contributed by atoms with Gasteiger partial charge in [-0.3, -0.25) is 14.3 Å². The molecule has 176 valence electrons. The summed E-state index contributed by atoms with van der Waals surface area (Å²) in [5.41, 5.74) is 1.91. The molecule has 0 saturated carbocycles. The molecule has 7 nitrogen and oxygen atoms in total. The number of amides is 1. The molecule has 2 aromatic heterocycles. The summed E-state index contributed by atoms with van der Waals surface area (Å²) in [4.78, 5) is 17.6. The van der Waals surface area contributed by atoms with Gasteiger partial charge in [0, 0.05) is 45.0 Å². The summed E-state index contributed by atoms with van der Waals surface area (Å²) in [5.74, 6) is -0.0751. The average molecular weight is 467 g/mol. The van der Waals surface area contributed by atoms with E-state index < -0.39 is 0 Å². The molecule has 4 rings (SSSR count). The Hall–Kier alpha value is -2.71. The first-order chi connectivity index (χ1) is 16.1. The van der Waals surface area contributed by atoms with Crippen LogP contribution in [0.2, 0.25) is 0 Å². The predicted octanol–water partition coefficient (Wildman–Crippen LogP) is 4.35. The average Bonchev–Trinajstić information content (AvgIpc) is 3.52. The Kier molecular flexibility index (Phi) is 8.12. The highest BCUT2D eigenvalue weighted by molar-refractivity contribution is 7.17. The van der Waals surface area contributed by atoms with Crippen LogP contribution in [0.4, 0.5) is 5.13 Å². The molecule has 1 fully saturated rings. The van der Waals surface area contributed by atoms with E-state index in [1.807, 2.05) is 29.0 Å². The van der Waals surface area contributed by atoms with Crippen molar-refractivity contribution in [2.45, 2.75) is 52.1 Å². The molecule has 3 aromatic rings. The molecule has 0 aliphatic carbocycles. The summed E-state index contributed by atoms with van der Waals surface area (Å²) < 4.78 is 1.84. The Bertz CT molecular complexity index is 1010. The summed E-state index contributed by atoms with van der Waals surface area (Å²) in [6, 6.07) is 14.7. The molecular formula is C25H34N6OS. The van der Waals surface area contributed by atoms with Crippen molar-refractivity contribution in [1.29, 1.82) is 0 Å². The zero-order valence-corrected chi connectivity index (χ0v) is 20.4. The van der Waals surface area contributed by atoms with E-state index in [0.717, 1.165) is 42.9 Å². The monoisotopic (exact) mass is 466 g/mol. The number of carbonyl (C=O) groups is 1. The fourth-order valence-corrected chi connectivity index (χ4v) is 5.06. The lowest BCUT2D eigenvalue weighted by Gasteiger charge is -2.26. The Morgan fingerprint density at radius 1 is 1.06 bits per heavy atom. The van der Waals surface area contributed by atoms with Crippen LogP contribution >= 0.6 is 11.3 Å². The Morgan fingerprint density at radius 2 is 1.82 bits per heavy atom. The molecule has 1 aliphatic rings. The highest BCUT2D eigenvalue weighted by Crippen LogP contribution is 2.26. The maximum atomic E-state index is 12.9. The molecule has 0 spiro atoms. The Morgan fingerprint density at radius 3 is 2.58 bits per heavy atom. The van der Waals surface area contributed by atoms with E-state index in [9.17, 15) is 4.79 Å². The van der Waals surface area contributed by atoms with Gasteiger partial charge in [-0.15, -0.1) is 10.2 Å². The van der Waals surface area contributed by atoms with Gasteiger partial charge in [-0.2, -0.15) is 0 Å². The third kappa shape index (κ3) is 6.21. The number of hydrogen-bond acceptors (Lipinski definition) is 6. The minimum Gasteiger partial charge on any atom is -0.351 e. The van der Waals surface area contributed by atoms with Gasteiger partial charge in [0.25, 0.3) is 5.91 Å². The van der Waals surface area contributed by atoms with Crippen molar-refractivity contribution in [2.75, 3.05) is 31.1 Å². The molecule has 1 amide bonds. The second-order valence-electron chi connectivity index (χ2n) is 8.84. The fourth-order valence-electron chi connectivity index (χ4n) is 4.16. The van der Waals surface area contributed by atoms with Gasteiger partial charge in [0.2, 0.25) is 10.3 Å². The van der Waals surface area contributed by atoms with Crippen LogP contribution in [0.5, 0.6) is 0 Å². The molecular weight excluding hydrogens is 432 g/mol. The first-order valence-corrected chi connectivity index (χ1v) is 12.8. The van der Waals surface area contributed by atoms with Crippen molar-refractivity contribution < 1.29 is 4.79 Å². The van der Waals surface area contributed by atoms with Gasteiger partial charge in [-0.05, 0) is 57.2 Å². The van der Waals surface area contributed by atoms with Crippen molar-refractivity contribution >= 4 is 22.4 Å². The third-order valence-corrected chi connectivity index (χ3v) is 7.07. The van der Waals surface area contributed by atoms with E-state index in [2.05, 4.69) is 63.4 Å². The normalized spacial score (nSPS) is 14.2. The lowest BCUT2D eigenvalue weighted by atomic mass is 10.1. The van der Waals surface area contributed by atoms with E-state index in [4.69, 9.17) is 0 Å². The quantitative estimate of drug-likeness (QED) is 0.450. The molecule has 1 aromatic carbocycles. The molecule has 1 aliphatic heterocycles. The van der Waals surface area contributed by atoms with Crippen LogP contribution in [-0.2, 0) is 6.54 Å². The Balaban J connectivity index is 1.30. The van der Waals surface area contributed by atoms with Gasteiger partial charge < -0.3 is 10.2 Å². The lowest BCUT2D eigenvalue weighted by molar-refractivity contribution is 0.0944. The van der Waals surface area contributed by atoms with E-state index in [-0.39, 0.29) is 5.91 Å². The SMILES string of the molecule is CC(C)N(CCCNC(=O)c1cccn1-c1nnc(N2CCCCC2)s1)Cc1ccccc1. The largest absolute Gasteiger partial charge is 0.351 e. The molecule has 0 radical (unpaired) electrons. The molecule has 8 heteroatoms. The summed E-state index contributed by atoms with van der Waals surface area (Å²) in [6.45, 7) is 8.99. The van der Waals surface area contributed by atoms with Gasteiger partial charge in [-0.1, -0.05) is 41.7 Å². The smallest absolute Gasteiger partial charge is 0.268 e. The topological polar surface area (TPSA) is 66.3 Å². The van der Waals surface area contributed by atoms with E-state index in [0.29, 0.717) is 18.3 Å². The number of nitrogens with one attached hydrogen (secondary N) is 1. The second kappa shape index (κ2) is 11.4. The molecule has 1 saturated heterocycles. The van der Waals surface area contributed by atoms with Crippen LogP contribution in [0, 0.1) is 0 Å². The number of piperidine rings is 1. The van der Waals surface area contributed by atoms with Crippen molar-refractivity contribution in [3.8, 4) is 5.13 Å². The maximum absolute atomic E-state index is 12.9. The molecule has 0 unspecified atom stereocenters. The van der Waals surface area contributed by atoms with Crippen LogP contribution in [-0.4, -0.2) is 57.8 Å². The minimum absolute atomic E-state index is 0.0751. The third-order valence-electron chi connectivity index (χ3n) is 6.08. The summed E-state index contributed by atoms with van der Waals surface area (Å²) in [7, 11) is 0. The maximum Gasteiger partial charge on any atom is 0.268 e. The molecule has 0 atom stereocenters. The second-order valence-corrected chi connectivity index (χ2v) is 9.77. The summed E-state index contributed by atoms with van der Waals surface area (Å²) in [6.07, 6.45) is 6.47. The number of carbonyl (C=O) groups excluding carboxylic acids is 1. The standard InChI is InChI=1S/C25H34N6OS/c1-20(2)30(19-21-11-5-3-6-12-21)17-10-14-26-23(32)22-13-9-18-31(22)25-28-27-24(33-25)29-15-7-4-8-16-29/h3,5-6,9,11-13,18,20H,4,7-8,10,14-17,19H2,1-2H3,(H,26,32). The fraction of sp³-hybridized carbons (Fsp3) is 0.480. The molecule has 0 bridgehead atoms. The number of anilines is 1. The first kappa shape index (κ1) is 23.4. The van der Waals surface area contributed by atoms with Gasteiger partial charge >= 0.3 is 0 Å². The number of rotatable bonds is 10. The van der Waals surface area contributed by atoms with Crippen LogP contribution in [0.25, 0.3) is 5.13 Å². The van der Waals surface area contributed by atoms with Crippen molar-refractivity contribution in [3.05, 3.63) is 59.9 Å². The number of nitrogens with zero attached hydrogens (tertiary/aromatic N) is 5. The van der Waals surface area contributed by atoms with Gasteiger partial charge in [0.1, 0.15) is 5.69 Å². The van der Waals surface area contributed by atoms with Crippen LogP contribution in [0.15, 0.2) is 48.7 Å². The van der Waals surface area contributed by atoms with E-state index in [1.54, 1.807) is 11.3 Å². The van der Waals surface area contributed by atoms with E-state index >= 15 is 0 Å². The minimum atomic E-state index is -0.0751. The molecule has 3 heterocycles. The van der Waals surface area contributed by atoms with Crippen LogP contribution in [0.3, 0.4) is 0 Å². The number of benzene rings is 1. The zero-order chi connectivity index (χ0) is 23.0. The van der Waals surface area contributed by atoms with Crippen LogP contribution in [0.1, 0.15) is 55.6 Å². The van der Waals surface area contributed by atoms with Crippen molar-refractivity contribution in [1.82, 2.24) is 25.0 Å². The van der Waals surface area contributed by atoms with Gasteiger partial charge in [0.05, 0.1) is 0 Å². The van der Waals surface area contributed by atoms with Crippen molar-refractivity contribution in [2.24, 2.45) is 0 Å². The van der Waals surface area contributed by atoms with E-state index in [1.165, 1.54) is 24.8 Å². The number of aromatic nitrogens is 3. The van der Waals surface area contributed by atoms with Gasteiger partial charge in [-0.25, -0.2) is 0 Å².